The number of rotatable bonds is 8. The molecule has 0 aromatic carbocycles. The molecule has 1 unspecified atom stereocenters. The van der Waals surface area contributed by atoms with Gasteiger partial charge in [0.1, 0.15) is 0 Å². The molecular weight excluding hydrogens is 355 g/mol. The van der Waals surface area contributed by atoms with E-state index in [9.17, 15) is 9.18 Å². The van der Waals surface area contributed by atoms with Crippen molar-refractivity contribution in [1.29, 1.82) is 0 Å². The summed E-state index contributed by atoms with van der Waals surface area (Å²) >= 11 is 0. The van der Waals surface area contributed by atoms with Crippen LogP contribution in [0.5, 0.6) is 0 Å². The van der Waals surface area contributed by atoms with Crippen molar-refractivity contribution in [2.24, 2.45) is 0 Å². The van der Waals surface area contributed by atoms with Crippen LogP contribution in [-0.2, 0) is 9.59 Å². The molecule has 1 atom stereocenters. The third-order valence-electron chi connectivity index (χ3n) is 4.15. The van der Waals surface area contributed by atoms with Crippen LogP contribution in [0, 0.1) is 5.82 Å². The second kappa shape index (κ2) is 11.3. The summed E-state index contributed by atoms with van der Waals surface area (Å²) in [5.41, 5.74) is 0. The van der Waals surface area contributed by atoms with Crippen LogP contribution in [0.15, 0.2) is 6.20 Å². The Balaban J connectivity index is 0.00000114. The summed E-state index contributed by atoms with van der Waals surface area (Å²) in [5, 5.41) is 10.0. The Morgan fingerprint density at radius 2 is 2.07 bits per heavy atom. The molecule has 27 heavy (non-hydrogen) atoms. The Morgan fingerprint density at radius 1 is 1.41 bits per heavy atom. The number of carbonyl (C=O) groups excluding carboxylic acids is 1. The maximum absolute atomic E-state index is 13.6. The van der Waals surface area contributed by atoms with E-state index in [0.29, 0.717) is 18.9 Å². The summed E-state index contributed by atoms with van der Waals surface area (Å²) < 4.78 is 13.6. The average Bonchev–Trinajstić information content (AvgIpc) is 2.95. The Bertz CT molecular complexity index is 614. The molecule has 2 rings (SSSR count). The Labute approximate surface area is 159 Å². The van der Waals surface area contributed by atoms with Crippen molar-refractivity contribution in [1.82, 2.24) is 19.8 Å². The summed E-state index contributed by atoms with van der Waals surface area (Å²) in [5.74, 6) is 0.456. The van der Waals surface area contributed by atoms with E-state index in [4.69, 9.17) is 9.90 Å². The largest absolute Gasteiger partial charge is 0.483 e. The van der Waals surface area contributed by atoms with Crippen molar-refractivity contribution >= 4 is 24.1 Å². The molecule has 9 nitrogen and oxygen atoms in total. The standard InChI is InChI=1S/C16H27FN6O.CH2O2/c1-21(2)9-10-23-12(5-6-14(23)24)7-8-18-16-19-11-13(17)15(20-16)22(3)4;2-1-3/h11-12H,5-10H2,1-4H3,(H,18,19,20);1H,(H,2,3). The third-order valence-corrected chi connectivity index (χ3v) is 4.15. The maximum atomic E-state index is 13.6. The van der Waals surface area contributed by atoms with E-state index in [0.717, 1.165) is 25.9 Å². The topological polar surface area (TPSA) is 102 Å². The Kier molecular flexibility index (Phi) is 9.41. The fraction of sp³-hybridized carbons (Fsp3) is 0.647. The van der Waals surface area contributed by atoms with E-state index >= 15 is 0 Å². The van der Waals surface area contributed by atoms with Gasteiger partial charge in [-0.3, -0.25) is 9.59 Å². The van der Waals surface area contributed by atoms with Crippen LogP contribution in [-0.4, -0.2) is 91.1 Å². The van der Waals surface area contributed by atoms with Crippen LogP contribution in [0.25, 0.3) is 0 Å². The van der Waals surface area contributed by atoms with Gasteiger partial charge in [0.2, 0.25) is 11.9 Å². The highest BCUT2D eigenvalue weighted by atomic mass is 19.1. The Morgan fingerprint density at radius 3 is 2.67 bits per heavy atom. The molecule has 2 heterocycles. The summed E-state index contributed by atoms with van der Waals surface area (Å²) in [6.07, 6.45) is 3.52. The van der Waals surface area contributed by atoms with E-state index in [1.807, 2.05) is 19.0 Å². The predicted molar refractivity (Wildman–Crippen MR) is 101 cm³/mol. The molecule has 1 amide bonds. The molecule has 0 aliphatic carbocycles. The van der Waals surface area contributed by atoms with Crippen LogP contribution in [0.3, 0.4) is 0 Å². The number of hydrogen-bond acceptors (Lipinski definition) is 7. The van der Waals surface area contributed by atoms with E-state index in [2.05, 4.69) is 20.2 Å². The third kappa shape index (κ3) is 7.33. The van der Waals surface area contributed by atoms with Crippen LogP contribution in [0.4, 0.5) is 16.2 Å². The summed E-state index contributed by atoms with van der Waals surface area (Å²) in [6, 6.07) is 0.249. The van der Waals surface area contributed by atoms with E-state index < -0.39 is 5.82 Å². The number of nitrogens with one attached hydrogen (secondary N) is 1. The van der Waals surface area contributed by atoms with E-state index in [-0.39, 0.29) is 24.2 Å². The smallest absolute Gasteiger partial charge is 0.290 e. The van der Waals surface area contributed by atoms with Gasteiger partial charge in [-0.1, -0.05) is 0 Å². The first-order valence-electron chi connectivity index (χ1n) is 8.76. The number of amides is 1. The van der Waals surface area contributed by atoms with Crippen molar-refractivity contribution in [3.8, 4) is 0 Å². The van der Waals surface area contributed by atoms with Crippen LogP contribution < -0.4 is 10.2 Å². The van der Waals surface area contributed by atoms with Crippen molar-refractivity contribution < 1.29 is 19.1 Å². The molecule has 0 radical (unpaired) electrons. The van der Waals surface area contributed by atoms with Crippen LogP contribution in [0.1, 0.15) is 19.3 Å². The van der Waals surface area contributed by atoms with Crippen molar-refractivity contribution in [2.45, 2.75) is 25.3 Å². The zero-order valence-electron chi connectivity index (χ0n) is 16.4. The number of carboxylic acid groups (broad SMARTS) is 1. The van der Waals surface area contributed by atoms with Crippen LogP contribution >= 0.6 is 0 Å². The SMILES string of the molecule is CN(C)CCN1C(=O)CCC1CCNc1ncc(F)c(N(C)C)n1.O=CO. The molecule has 1 aliphatic rings. The number of nitrogens with zero attached hydrogens (tertiary/aromatic N) is 5. The maximum Gasteiger partial charge on any atom is 0.290 e. The van der Waals surface area contributed by atoms with Gasteiger partial charge in [0, 0.05) is 46.2 Å². The lowest BCUT2D eigenvalue weighted by atomic mass is 10.1. The molecule has 10 heteroatoms. The highest BCUT2D eigenvalue weighted by Gasteiger charge is 2.30. The molecule has 2 N–H and O–H groups in total. The lowest BCUT2D eigenvalue weighted by Gasteiger charge is -2.26. The predicted octanol–water partition coefficient (Wildman–Crippen LogP) is 0.737. The van der Waals surface area contributed by atoms with Gasteiger partial charge in [-0.05, 0) is 26.9 Å². The normalized spacial score (nSPS) is 16.1. The van der Waals surface area contributed by atoms with Gasteiger partial charge in [-0.2, -0.15) is 4.98 Å². The van der Waals surface area contributed by atoms with Gasteiger partial charge < -0.3 is 25.1 Å². The molecule has 1 saturated heterocycles. The lowest BCUT2D eigenvalue weighted by Crippen LogP contribution is -2.39. The van der Waals surface area contributed by atoms with Gasteiger partial charge in [-0.25, -0.2) is 9.37 Å². The van der Waals surface area contributed by atoms with E-state index in [1.165, 1.54) is 6.20 Å². The Hall–Kier alpha value is -2.49. The number of likely N-dealkylation sites (tertiary alicyclic amines) is 1. The number of hydrogen-bond donors (Lipinski definition) is 2. The fourth-order valence-corrected chi connectivity index (χ4v) is 2.82. The zero-order chi connectivity index (χ0) is 20.4. The van der Waals surface area contributed by atoms with Gasteiger partial charge in [0.05, 0.1) is 6.20 Å². The van der Waals surface area contributed by atoms with Gasteiger partial charge in [-0.15, -0.1) is 0 Å². The summed E-state index contributed by atoms with van der Waals surface area (Å²) in [6.45, 7) is 2.02. The number of anilines is 2. The average molecular weight is 384 g/mol. The number of aromatic nitrogens is 2. The van der Waals surface area contributed by atoms with Crippen molar-refractivity contribution in [2.75, 3.05) is 58.0 Å². The minimum Gasteiger partial charge on any atom is -0.483 e. The molecular formula is C17H29FN6O3. The number of likely N-dealkylation sites (N-methyl/N-ethyl adjacent to an activating group) is 1. The molecule has 152 valence electrons. The molecule has 1 aromatic rings. The van der Waals surface area contributed by atoms with Gasteiger partial charge >= 0.3 is 0 Å². The minimum atomic E-state index is -0.443. The molecule has 1 aliphatic heterocycles. The molecule has 1 fully saturated rings. The first-order valence-corrected chi connectivity index (χ1v) is 8.76. The van der Waals surface area contributed by atoms with Crippen molar-refractivity contribution in [3.63, 3.8) is 0 Å². The lowest BCUT2D eigenvalue weighted by molar-refractivity contribution is -0.129. The molecule has 0 spiro atoms. The molecule has 0 bridgehead atoms. The first-order chi connectivity index (χ1) is 12.8. The quantitative estimate of drug-likeness (QED) is 0.633. The van der Waals surface area contributed by atoms with Crippen LogP contribution in [0.2, 0.25) is 0 Å². The monoisotopic (exact) mass is 384 g/mol. The van der Waals surface area contributed by atoms with E-state index in [1.54, 1.807) is 19.0 Å². The second-order valence-corrected chi connectivity index (χ2v) is 6.66. The highest BCUT2D eigenvalue weighted by molar-refractivity contribution is 5.78. The van der Waals surface area contributed by atoms with Gasteiger partial charge in [0.25, 0.3) is 6.47 Å². The number of carbonyl (C=O) groups is 2. The van der Waals surface area contributed by atoms with Crippen molar-refractivity contribution in [3.05, 3.63) is 12.0 Å². The second-order valence-electron chi connectivity index (χ2n) is 6.66. The highest BCUT2D eigenvalue weighted by Crippen LogP contribution is 2.21. The minimum absolute atomic E-state index is 0.231. The van der Waals surface area contributed by atoms with Gasteiger partial charge in [0.15, 0.2) is 11.6 Å². The number of halogens is 1. The zero-order valence-corrected chi connectivity index (χ0v) is 16.4. The summed E-state index contributed by atoms with van der Waals surface area (Å²) in [4.78, 5) is 34.2. The fourth-order valence-electron chi connectivity index (χ4n) is 2.82. The molecule has 0 saturated carbocycles. The first kappa shape index (κ1) is 22.6. The summed E-state index contributed by atoms with van der Waals surface area (Å²) in [7, 11) is 7.49. The molecule has 1 aromatic heterocycles.